The zero-order valence-electron chi connectivity index (χ0n) is 13.0. The minimum atomic E-state index is -0.547. The van der Waals surface area contributed by atoms with Crippen LogP contribution >= 0.6 is 11.6 Å². The van der Waals surface area contributed by atoms with Crippen molar-refractivity contribution in [2.24, 2.45) is 0 Å². The molecule has 0 aliphatic carbocycles. The van der Waals surface area contributed by atoms with Crippen LogP contribution in [0.5, 0.6) is 5.75 Å². The molecule has 1 unspecified atom stereocenters. The van der Waals surface area contributed by atoms with Crippen LogP contribution in [-0.4, -0.2) is 24.0 Å². The second-order valence-corrected chi connectivity index (χ2v) is 5.76. The predicted octanol–water partition coefficient (Wildman–Crippen LogP) is 4.07. The molecule has 0 fully saturated rings. The van der Waals surface area contributed by atoms with Crippen LogP contribution < -0.4 is 4.74 Å². The number of likely N-dealkylation sites (N-methyl/N-ethyl adjacent to an activating group) is 1. The van der Waals surface area contributed by atoms with Crippen LogP contribution in [0.1, 0.15) is 18.1 Å². The largest absolute Gasteiger partial charge is 0.481 e. The lowest BCUT2D eigenvalue weighted by Crippen LogP contribution is -2.37. The minimum absolute atomic E-state index is 0.0588. The number of carbonyl (C=O) groups excluding carboxylic acids is 1. The van der Waals surface area contributed by atoms with E-state index < -0.39 is 6.10 Å². The van der Waals surface area contributed by atoms with Crippen LogP contribution in [-0.2, 0) is 11.3 Å². The number of aryl methyl sites for hydroxylation is 1. The fourth-order valence-electron chi connectivity index (χ4n) is 2.19. The minimum Gasteiger partial charge on any atom is -0.481 e. The number of rotatable bonds is 5. The highest BCUT2D eigenvalue weighted by atomic mass is 35.5. The first-order valence-electron chi connectivity index (χ1n) is 7.19. The van der Waals surface area contributed by atoms with E-state index in [9.17, 15) is 4.79 Å². The number of ether oxygens (including phenoxy) is 1. The number of amides is 1. The summed E-state index contributed by atoms with van der Waals surface area (Å²) in [6.07, 6.45) is -0.547. The maximum Gasteiger partial charge on any atom is 0.263 e. The Hall–Kier alpha value is -2.00. The topological polar surface area (TPSA) is 29.5 Å². The van der Waals surface area contributed by atoms with Crippen molar-refractivity contribution in [3.8, 4) is 5.75 Å². The molecule has 0 spiro atoms. The normalized spacial score (nSPS) is 11.8. The van der Waals surface area contributed by atoms with Crippen LogP contribution in [0.15, 0.2) is 48.5 Å². The lowest BCUT2D eigenvalue weighted by Gasteiger charge is -2.22. The summed E-state index contributed by atoms with van der Waals surface area (Å²) >= 11 is 5.99. The summed E-state index contributed by atoms with van der Waals surface area (Å²) in [5, 5.41) is 0.688. The first-order chi connectivity index (χ1) is 10.5. The van der Waals surface area contributed by atoms with Gasteiger partial charge < -0.3 is 9.64 Å². The average Bonchev–Trinajstić information content (AvgIpc) is 2.51. The molecule has 0 saturated heterocycles. The smallest absolute Gasteiger partial charge is 0.263 e. The lowest BCUT2D eigenvalue weighted by molar-refractivity contribution is -0.137. The third-order valence-corrected chi connectivity index (χ3v) is 3.85. The maximum atomic E-state index is 12.4. The van der Waals surface area contributed by atoms with Crippen molar-refractivity contribution in [2.45, 2.75) is 26.5 Å². The molecule has 3 nitrogen and oxygen atoms in total. The first kappa shape index (κ1) is 16.4. The standard InChI is InChI=1S/C18H20ClNO2/c1-13-11-16(9-10-17(13)19)22-14(2)18(21)20(3)12-15-7-5-4-6-8-15/h4-11,14H,12H2,1-3H3. The fraction of sp³-hybridized carbons (Fsp3) is 0.278. The van der Waals surface area contributed by atoms with Gasteiger partial charge in [-0.25, -0.2) is 0 Å². The zero-order chi connectivity index (χ0) is 16.1. The fourth-order valence-corrected chi connectivity index (χ4v) is 2.31. The van der Waals surface area contributed by atoms with Gasteiger partial charge in [0.15, 0.2) is 6.10 Å². The van der Waals surface area contributed by atoms with Gasteiger partial charge in [0, 0.05) is 18.6 Å². The van der Waals surface area contributed by atoms with Crippen molar-refractivity contribution in [1.29, 1.82) is 0 Å². The summed E-state index contributed by atoms with van der Waals surface area (Å²) in [5.41, 5.74) is 2.02. The molecule has 2 aromatic carbocycles. The van der Waals surface area contributed by atoms with Crippen LogP contribution in [0.3, 0.4) is 0 Å². The van der Waals surface area contributed by atoms with E-state index in [2.05, 4.69) is 0 Å². The third kappa shape index (κ3) is 4.25. The summed E-state index contributed by atoms with van der Waals surface area (Å²) in [6, 6.07) is 15.3. The highest BCUT2D eigenvalue weighted by Gasteiger charge is 2.19. The highest BCUT2D eigenvalue weighted by Crippen LogP contribution is 2.22. The molecular weight excluding hydrogens is 298 g/mol. The van der Waals surface area contributed by atoms with Gasteiger partial charge in [0.25, 0.3) is 5.91 Å². The summed E-state index contributed by atoms with van der Waals surface area (Å²) < 4.78 is 5.72. The van der Waals surface area contributed by atoms with Gasteiger partial charge in [0.2, 0.25) is 0 Å². The van der Waals surface area contributed by atoms with Crippen molar-refractivity contribution < 1.29 is 9.53 Å². The SMILES string of the molecule is Cc1cc(OC(C)C(=O)N(C)Cc2ccccc2)ccc1Cl. The third-order valence-electron chi connectivity index (χ3n) is 3.43. The molecule has 4 heteroatoms. The van der Waals surface area contributed by atoms with Crippen molar-refractivity contribution in [3.63, 3.8) is 0 Å². The van der Waals surface area contributed by atoms with Gasteiger partial charge in [0.1, 0.15) is 5.75 Å². The van der Waals surface area contributed by atoms with E-state index in [1.54, 1.807) is 31.0 Å². The molecule has 0 heterocycles. The van der Waals surface area contributed by atoms with E-state index in [1.807, 2.05) is 43.3 Å². The Labute approximate surface area is 136 Å². The first-order valence-corrected chi connectivity index (χ1v) is 7.57. The van der Waals surface area contributed by atoms with E-state index in [4.69, 9.17) is 16.3 Å². The Morgan fingerprint density at radius 1 is 1.23 bits per heavy atom. The second kappa shape index (κ2) is 7.32. The van der Waals surface area contributed by atoms with E-state index in [1.165, 1.54) is 0 Å². The van der Waals surface area contributed by atoms with Gasteiger partial charge in [-0.3, -0.25) is 4.79 Å². The van der Waals surface area contributed by atoms with Crippen LogP contribution in [0.4, 0.5) is 0 Å². The van der Waals surface area contributed by atoms with Crippen LogP contribution in [0.25, 0.3) is 0 Å². The van der Waals surface area contributed by atoms with Gasteiger partial charge >= 0.3 is 0 Å². The molecule has 22 heavy (non-hydrogen) atoms. The molecular formula is C18H20ClNO2. The molecule has 2 rings (SSSR count). The summed E-state index contributed by atoms with van der Waals surface area (Å²) in [7, 11) is 1.78. The molecule has 0 aliphatic rings. The Bertz CT molecular complexity index is 643. The predicted molar refractivity (Wildman–Crippen MR) is 89.2 cm³/mol. The van der Waals surface area contributed by atoms with Gasteiger partial charge in [-0.1, -0.05) is 41.9 Å². The summed E-state index contributed by atoms with van der Waals surface area (Å²) in [5.74, 6) is 0.590. The van der Waals surface area contributed by atoms with E-state index in [0.717, 1.165) is 11.1 Å². The Morgan fingerprint density at radius 3 is 2.55 bits per heavy atom. The number of hydrogen-bond acceptors (Lipinski definition) is 2. The quantitative estimate of drug-likeness (QED) is 0.831. The van der Waals surface area contributed by atoms with Crippen LogP contribution in [0.2, 0.25) is 5.02 Å². The molecule has 1 atom stereocenters. The molecule has 0 bridgehead atoms. The number of hydrogen-bond donors (Lipinski definition) is 0. The van der Waals surface area contributed by atoms with Gasteiger partial charge in [-0.05, 0) is 43.2 Å². The summed E-state index contributed by atoms with van der Waals surface area (Å²) in [6.45, 7) is 4.23. The van der Waals surface area contributed by atoms with Gasteiger partial charge in [-0.2, -0.15) is 0 Å². The van der Waals surface area contributed by atoms with Gasteiger partial charge in [0.05, 0.1) is 0 Å². The number of halogens is 1. The van der Waals surface area contributed by atoms with E-state index >= 15 is 0 Å². The van der Waals surface area contributed by atoms with Crippen molar-refractivity contribution in [3.05, 3.63) is 64.7 Å². The number of nitrogens with zero attached hydrogens (tertiary/aromatic N) is 1. The van der Waals surface area contributed by atoms with Crippen LogP contribution in [0, 0.1) is 6.92 Å². The number of carbonyl (C=O) groups is 1. The molecule has 2 aromatic rings. The van der Waals surface area contributed by atoms with Crippen molar-refractivity contribution >= 4 is 17.5 Å². The van der Waals surface area contributed by atoms with Gasteiger partial charge in [-0.15, -0.1) is 0 Å². The monoisotopic (exact) mass is 317 g/mol. The number of benzene rings is 2. The Kier molecular flexibility index (Phi) is 5.45. The average molecular weight is 318 g/mol. The molecule has 0 saturated carbocycles. The molecule has 1 amide bonds. The molecule has 0 N–H and O–H groups in total. The molecule has 0 aromatic heterocycles. The Balaban J connectivity index is 1.97. The molecule has 116 valence electrons. The highest BCUT2D eigenvalue weighted by molar-refractivity contribution is 6.31. The Morgan fingerprint density at radius 2 is 1.91 bits per heavy atom. The van der Waals surface area contributed by atoms with Crippen molar-refractivity contribution in [2.75, 3.05) is 7.05 Å². The zero-order valence-corrected chi connectivity index (χ0v) is 13.8. The lowest BCUT2D eigenvalue weighted by atomic mass is 10.2. The molecule has 0 aliphatic heterocycles. The van der Waals surface area contributed by atoms with E-state index in [-0.39, 0.29) is 5.91 Å². The molecule has 0 radical (unpaired) electrons. The maximum absolute atomic E-state index is 12.4. The summed E-state index contributed by atoms with van der Waals surface area (Å²) in [4.78, 5) is 14.0. The second-order valence-electron chi connectivity index (χ2n) is 5.35. The van der Waals surface area contributed by atoms with E-state index in [0.29, 0.717) is 17.3 Å². The van der Waals surface area contributed by atoms with Crippen molar-refractivity contribution in [1.82, 2.24) is 4.90 Å².